The molecule has 1 saturated heterocycles. The van der Waals surface area contributed by atoms with Gasteiger partial charge in [-0.25, -0.2) is 8.78 Å². The number of hydrogen-bond donors (Lipinski definition) is 1. The van der Waals surface area contributed by atoms with E-state index in [-0.39, 0.29) is 25.3 Å². The molecule has 2 aromatic heterocycles. The van der Waals surface area contributed by atoms with E-state index in [1.54, 1.807) is 35.9 Å². The largest absolute Gasteiger partial charge is 0.354 e. The van der Waals surface area contributed by atoms with Crippen molar-refractivity contribution in [2.75, 3.05) is 23.3 Å². The third-order valence-corrected chi connectivity index (χ3v) is 5.70. The molecule has 3 heterocycles. The van der Waals surface area contributed by atoms with Crippen molar-refractivity contribution in [3.8, 4) is 11.3 Å². The molecule has 32 heavy (non-hydrogen) atoms. The van der Waals surface area contributed by atoms with Gasteiger partial charge in [0.25, 0.3) is 5.91 Å². The maximum absolute atomic E-state index is 14.0. The van der Waals surface area contributed by atoms with Crippen LogP contribution in [0, 0.1) is 13.8 Å². The summed E-state index contributed by atoms with van der Waals surface area (Å²) in [7, 11) is 1.80. The van der Waals surface area contributed by atoms with Gasteiger partial charge in [0.05, 0.1) is 17.5 Å². The highest BCUT2D eigenvalue weighted by Gasteiger charge is 2.34. The lowest BCUT2D eigenvalue weighted by molar-refractivity contribution is -0.0102. The third-order valence-electron chi connectivity index (χ3n) is 5.70. The van der Waals surface area contributed by atoms with Gasteiger partial charge in [0.1, 0.15) is 0 Å². The van der Waals surface area contributed by atoms with E-state index in [0.29, 0.717) is 41.3 Å². The van der Waals surface area contributed by atoms with Gasteiger partial charge in [-0.2, -0.15) is 5.10 Å². The molecule has 168 valence electrons. The molecule has 7 nitrogen and oxygen atoms in total. The highest BCUT2D eigenvalue weighted by atomic mass is 19.3. The van der Waals surface area contributed by atoms with E-state index in [9.17, 15) is 13.6 Å². The van der Waals surface area contributed by atoms with Crippen LogP contribution in [0.3, 0.4) is 0 Å². The van der Waals surface area contributed by atoms with Crippen molar-refractivity contribution in [3.05, 3.63) is 53.3 Å². The predicted octanol–water partition coefficient (Wildman–Crippen LogP) is 4.37. The number of benzene rings is 1. The quantitative estimate of drug-likeness (QED) is 0.652. The maximum Gasteiger partial charge on any atom is 0.259 e. The van der Waals surface area contributed by atoms with Crippen molar-refractivity contribution in [3.63, 3.8) is 0 Å². The van der Waals surface area contributed by atoms with Gasteiger partial charge >= 0.3 is 0 Å². The van der Waals surface area contributed by atoms with Crippen LogP contribution in [0.4, 0.5) is 20.3 Å². The molecule has 1 aliphatic rings. The summed E-state index contributed by atoms with van der Waals surface area (Å²) in [6, 6.07) is 7.48. The van der Waals surface area contributed by atoms with E-state index in [0.717, 1.165) is 11.1 Å². The Morgan fingerprint density at radius 2 is 1.97 bits per heavy atom. The lowest BCUT2D eigenvalue weighted by Crippen LogP contribution is -2.30. The Hall–Kier alpha value is -3.36. The van der Waals surface area contributed by atoms with Crippen LogP contribution in [-0.2, 0) is 7.05 Å². The molecule has 4 rings (SSSR count). The van der Waals surface area contributed by atoms with Crippen LogP contribution < -0.4 is 10.2 Å². The molecule has 0 unspecified atom stereocenters. The fourth-order valence-corrected chi connectivity index (χ4v) is 4.01. The summed E-state index contributed by atoms with van der Waals surface area (Å²) in [6.45, 7) is 4.25. The summed E-state index contributed by atoms with van der Waals surface area (Å²) in [5.41, 5.74) is 3.91. The topological polar surface area (TPSA) is 75.9 Å². The van der Waals surface area contributed by atoms with Crippen molar-refractivity contribution in [1.29, 1.82) is 0 Å². The molecule has 0 saturated carbocycles. The van der Waals surface area contributed by atoms with Gasteiger partial charge in [0.2, 0.25) is 5.92 Å². The van der Waals surface area contributed by atoms with E-state index in [1.807, 2.05) is 31.2 Å². The van der Waals surface area contributed by atoms with Crippen molar-refractivity contribution in [2.24, 2.45) is 7.05 Å². The molecule has 0 radical (unpaired) electrons. The molecule has 1 fully saturated rings. The van der Waals surface area contributed by atoms with Gasteiger partial charge in [-0.3, -0.25) is 9.48 Å². The second-order valence-electron chi connectivity index (χ2n) is 8.30. The van der Waals surface area contributed by atoms with Gasteiger partial charge in [-0.15, -0.1) is 10.2 Å². The van der Waals surface area contributed by atoms with E-state index < -0.39 is 5.92 Å². The van der Waals surface area contributed by atoms with Crippen molar-refractivity contribution < 1.29 is 13.6 Å². The van der Waals surface area contributed by atoms with E-state index in [4.69, 9.17) is 0 Å². The van der Waals surface area contributed by atoms with Crippen LogP contribution in [0.1, 0.15) is 40.7 Å². The first kappa shape index (κ1) is 21.9. The summed E-state index contributed by atoms with van der Waals surface area (Å²) in [5, 5.41) is 15.8. The number of rotatable bonds is 4. The smallest absolute Gasteiger partial charge is 0.259 e. The van der Waals surface area contributed by atoms with Gasteiger partial charge in [-0.1, -0.05) is 12.1 Å². The number of anilines is 2. The fraction of sp³-hybridized carbons (Fsp3) is 0.391. The highest BCUT2D eigenvalue weighted by Crippen LogP contribution is 2.33. The molecule has 0 atom stereocenters. The molecule has 3 aromatic rings. The van der Waals surface area contributed by atoms with Crippen LogP contribution in [0.2, 0.25) is 0 Å². The maximum atomic E-state index is 14.0. The van der Waals surface area contributed by atoms with E-state index >= 15 is 0 Å². The number of carbonyl (C=O) groups excluding carboxylic acids is 1. The monoisotopic (exact) mass is 440 g/mol. The van der Waals surface area contributed by atoms with Crippen LogP contribution in [0.15, 0.2) is 36.7 Å². The lowest BCUT2D eigenvalue weighted by atomic mass is 10.0. The molecular weight excluding hydrogens is 414 g/mol. The van der Waals surface area contributed by atoms with Crippen molar-refractivity contribution >= 4 is 17.4 Å². The summed E-state index contributed by atoms with van der Waals surface area (Å²) in [5.74, 6) is -2.73. The molecule has 1 N–H and O–H groups in total. The summed E-state index contributed by atoms with van der Waals surface area (Å²) in [4.78, 5) is 15.2. The van der Waals surface area contributed by atoms with Crippen molar-refractivity contribution in [2.45, 2.75) is 39.0 Å². The fourth-order valence-electron chi connectivity index (χ4n) is 4.01. The standard InChI is InChI=1S/C23H26F2N6O/c1-15-6-4-7-18(12-15)27-22(32)19-16(2)20(17-13-26-30(3)14-17)28-29-21(19)31-10-5-8-23(24,25)9-11-31/h4,6-7,12-14H,5,8-11H2,1-3H3,(H,27,32). The van der Waals surface area contributed by atoms with E-state index in [1.165, 1.54) is 0 Å². The molecule has 1 aromatic carbocycles. The molecule has 1 amide bonds. The Morgan fingerprint density at radius 3 is 2.69 bits per heavy atom. The zero-order valence-electron chi connectivity index (χ0n) is 18.4. The Kier molecular flexibility index (Phi) is 5.90. The molecule has 9 heteroatoms. The first-order valence-corrected chi connectivity index (χ1v) is 10.6. The minimum atomic E-state index is -2.71. The minimum Gasteiger partial charge on any atom is -0.354 e. The van der Waals surface area contributed by atoms with Gasteiger partial charge in [0, 0.05) is 50.4 Å². The van der Waals surface area contributed by atoms with Crippen LogP contribution in [0.25, 0.3) is 11.3 Å². The number of alkyl halides is 2. The molecule has 0 spiro atoms. The van der Waals surface area contributed by atoms with Gasteiger partial charge < -0.3 is 10.2 Å². The average molecular weight is 440 g/mol. The Bertz CT molecular complexity index is 1140. The zero-order chi connectivity index (χ0) is 22.9. The molecule has 0 bridgehead atoms. The van der Waals surface area contributed by atoms with Gasteiger partial charge in [0.15, 0.2) is 5.82 Å². The van der Waals surface area contributed by atoms with E-state index in [2.05, 4.69) is 20.6 Å². The van der Waals surface area contributed by atoms with Crippen LogP contribution >= 0.6 is 0 Å². The summed E-state index contributed by atoms with van der Waals surface area (Å²) in [6.07, 6.45) is 3.32. The lowest BCUT2D eigenvalue weighted by Gasteiger charge is -2.25. The zero-order valence-corrected chi connectivity index (χ0v) is 18.4. The number of aromatic nitrogens is 4. The average Bonchev–Trinajstić information content (AvgIpc) is 3.07. The number of hydrogen-bond acceptors (Lipinski definition) is 5. The Labute approximate surface area is 185 Å². The predicted molar refractivity (Wildman–Crippen MR) is 119 cm³/mol. The first-order valence-electron chi connectivity index (χ1n) is 10.6. The van der Waals surface area contributed by atoms with Gasteiger partial charge in [-0.05, 0) is 43.5 Å². The Morgan fingerprint density at radius 1 is 1.16 bits per heavy atom. The number of carbonyl (C=O) groups is 1. The number of aryl methyl sites for hydroxylation is 2. The molecular formula is C23H26F2N6O. The second kappa shape index (κ2) is 8.64. The molecule has 0 aliphatic carbocycles. The third kappa shape index (κ3) is 4.61. The number of nitrogens with one attached hydrogen (secondary N) is 1. The number of halogens is 2. The SMILES string of the molecule is Cc1cccc(NC(=O)c2c(N3CCCC(F)(F)CC3)nnc(-c3cnn(C)c3)c2C)c1. The number of nitrogens with zero attached hydrogens (tertiary/aromatic N) is 5. The normalized spacial score (nSPS) is 16.0. The highest BCUT2D eigenvalue weighted by molar-refractivity contribution is 6.09. The molecule has 1 aliphatic heterocycles. The first-order chi connectivity index (χ1) is 15.2. The number of amides is 1. The summed E-state index contributed by atoms with van der Waals surface area (Å²) >= 11 is 0. The minimum absolute atomic E-state index is 0.109. The summed E-state index contributed by atoms with van der Waals surface area (Å²) < 4.78 is 29.6. The Balaban J connectivity index is 1.77. The second-order valence-corrected chi connectivity index (χ2v) is 8.30. The van der Waals surface area contributed by atoms with Crippen LogP contribution in [0.5, 0.6) is 0 Å². The van der Waals surface area contributed by atoms with Crippen molar-refractivity contribution in [1.82, 2.24) is 20.0 Å². The van der Waals surface area contributed by atoms with Crippen LogP contribution in [-0.4, -0.2) is 44.9 Å².